The molecule has 1 unspecified atom stereocenters. The summed E-state index contributed by atoms with van der Waals surface area (Å²) in [5, 5.41) is 15.6. The van der Waals surface area contributed by atoms with E-state index in [2.05, 4.69) is 10.6 Å². The maximum atomic E-state index is 11.9. The predicted octanol–water partition coefficient (Wildman–Crippen LogP) is 2.93. The lowest BCUT2D eigenvalue weighted by Crippen LogP contribution is -2.40. The van der Waals surface area contributed by atoms with Crippen molar-refractivity contribution in [2.24, 2.45) is 0 Å². The van der Waals surface area contributed by atoms with Crippen LogP contribution in [0.25, 0.3) is 0 Å². The van der Waals surface area contributed by atoms with E-state index in [-0.39, 0.29) is 12.6 Å². The normalized spacial score (nSPS) is 13.5. The van der Waals surface area contributed by atoms with E-state index in [0.29, 0.717) is 5.76 Å². The molecule has 3 N–H and O–H groups in total. The molecule has 1 aromatic carbocycles. The van der Waals surface area contributed by atoms with Gasteiger partial charge in [0, 0.05) is 5.69 Å². The Morgan fingerprint density at radius 1 is 1.29 bits per heavy atom. The lowest BCUT2D eigenvalue weighted by molar-refractivity contribution is 0.0372. The number of benzene rings is 1. The highest BCUT2D eigenvalue weighted by Gasteiger charge is 2.26. The van der Waals surface area contributed by atoms with E-state index in [1.165, 1.54) is 6.26 Å². The zero-order chi connectivity index (χ0) is 15.5. The van der Waals surface area contributed by atoms with Crippen LogP contribution in [-0.2, 0) is 5.60 Å². The van der Waals surface area contributed by atoms with Gasteiger partial charge in [0.2, 0.25) is 0 Å². The minimum absolute atomic E-state index is 0.0527. The average Bonchev–Trinajstić information content (AvgIpc) is 2.89. The van der Waals surface area contributed by atoms with Crippen LogP contribution in [0.2, 0.25) is 0 Å². The fraction of sp³-hybridized carbons (Fsp3) is 0.312. The second kappa shape index (κ2) is 6.01. The van der Waals surface area contributed by atoms with E-state index in [0.717, 1.165) is 16.8 Å². The molecular weight excluding hydrogens is 268 g/mol. The lowest BCUT2D eigenvalue weighted by atomic mass is 10.0. The van der Waals surface area contributed by atoms with Gasteiger partial charge in [-0.05, 0) is 56.2 Å². The summed E-state index contributed by atoms with van der Waals surface area (Å²) in [5.74, 6) is 0.411. The smallest absolute Gasteiger partial charge is 0.319 e. The fourth-order valence-electron chi connectivity index (χ4n) is 2.15. The SMILES string of the molecule is Cc1cc(C)cc(NC(=O)NCC(C)(O)c2ccco2)c1. The van der Waals surface area contributed by atoms with Gasteiger partial charge in [0.05, 0.1) is 12.8 Å². The third kappa shape index (κ3) is 4.10. The third-order valence-corrected chi connectivity index (χ3v) is 3.12. The second-order valence-corrected chi connectivity index (χ2v) is 5.44. The summed E-state index contributed by atoms with van der Waals surface area (Å²) in [6, 6.07) is 8.80. The van der Waals surface area contributed by atoms with Crippen molar-refractivity contribution in [1.29, 1.82) is 0 Å². The molecule has 2 amide bonds. The van der Waals surface area contributed by atoms with Crippen LogP contribution in [-0.4, -0.2) is 17.7 Å². The first kappa shape index (κ1) is 15.1. The Hall–Kier alpha value is -2.27. The molecular formula is C16H20N2O3. The lowest BCUT2D eigenvalue weighted by Gasteiger charge is -2.21. The minimum Gasteiger partial charge on any atom is -0.466 e. The van der Waals surface area contributed by atoms with Crippen molar-refractivity contribution >= 4 is 11.7 Å². The molecule has 0 saturated heterocycles. The second-order valence-electron chi connectivity index (χ2n) is 5.44. The Balaban J connectivity index is 1.93. The van der Waals surface area contributed by atoms with Gasteiger partial charge >= 0.3 is 6.03 Å². The maximum Gasteiger partial charge on any atom is 0.319 e. The number of aliphatic hydroxyl groups is 1. The number of furan rings is 1. The van der Waals surface area contributed by atoms with Crippen LogP contribution in [0, 0.1) is 13.8 Å². The molecule has 2 aromatic rings. The molecule has 0 aliphatic carbocycles. The first-order chi connectivity index (χ1) is 9.87. The van der Waals surface area contributed by atoms with Crippen molar-refractivity contribution < 1.29 is 14.3 Å². The van der Waals surface area contributed by atoms with E-state index in [1.54, 1.807) is 19.1 Å². The molecule has 1 heterocycles. The van der Waals surface area contributed by atoms with Crippen LogP contribution in [0.5, 0.6) is 0 Å². The number of nitrogens with one attached hydrogen (secondary N) is 2. The van der Waals surface area contributed by atoms with Crippen molar-refractivity contribution in [3.8, 4) is 0 Å². The molecule has 0 radical (unpaired) electrons. The van der Waals surface area contributed by atoms with Crippen LogP contribution in [0.15, 0.2) is 41.0 Å². The molecule has 21 heavy (non-hydrogen) atoms. The molecule has 0 saturated carbocycles. The summed E-state index contributed by atoms with van der Waals surface area (Å²) in [4.78, 5) is 11.9. The molecule has 0 aliphatic rings. The summed E-state index contributed by atoms with van der Waals surface area (Å²) in [6.07, 6.45) is 1.49. The van der Waals surface area contributed by atoms with Crippen molar-refractivity contribution in [1.82, 2.24) is 5.32 Å². The number of aryl methyl sites for hydroxylation is 2. The van der Waals surface area contributed by atoms with Gasteiger partial charge in [0.15, 0.2) is 0 Å². The zero-order valence-corrected chi connectivity index (χ0v) is 12.4. The standard InChI is InChI=1S/C16H20N2O3/c1-11-7-12(2)9-13(8-11)18-15(19)17-10-16(3,20)14-5-4-6-21-14/h4-9,20H,10H2,1-3H3,(H2,17,18,19). The number of hydrogen-bond donors (Lipinski definition) is 3. The van der Waals surface area contributed by atoms with Crippen LogP contribution in [0.4, 0.5) is 10.5 Å². The summed E-state index contributed by atoms with van der Waals surface area (Å²) < 4.78 is 5.16. The molecule has 0 fully saturated rings. The van der Waals surface area contributed by atoms with Crippen molar-refractivity contribution in [2.45, 2.75) is 26.4 Å². The van der Waals surface area contributed by atoms with E-state index >= 15 is 0 Å². The van der Waals surface area contributed by atoms with Crippen LogP contribution in [0.1, 0.15) is 23.8 Å². The molecule has 112 valence electrons. The van der Waals surface area contributed by atoms with Gasteiger partial charge in [-0.2, -0.15) is 0 Å². The minimum atomic E-state index is -1.25. The maximum absolute atomic E-state index is 11.9. The Labute approximate surface area is 124 Å². The molecule has 1 atom stereocenters. The monoisotopic (exact) mass is 288 g/mol. The first-order valence-corrected chi connectivity index (χ1v) is 6.76. The van der Waals surface area contributed by atoms with Crippen molar-refractivity contribution in [3.63, 3.8) is 0 Å². The van der Waals surface area contributed by atoms with Gasteiger partial charge in [-0.3, -0.25) is 0 Å². The highest BCUT2D eigenvalue weighted by Crippen LogP contribution is 2.20. The Bertz CT molecular complexity index is 598. The molecule has 1 aromatic heterocycles. The molecule has 5 nitrogen and oxygen atoms in total. The summed E-state index contributed by atoms with van der Waals surface area (Å²) in [6.45, 7) is 5.58. The highest BCUT2D eigenvalue weighted by atomic mass is 16.4. The third-order valence-electron chi connectivity index (χ3n) is 3.12. The topological polar surface area (TPSA) is 74.5 Å². The van der Waals surface area contributed by atoms with Gasteiger partial charge in [0.1, 0.15) is 11.4 Å². The van der Waals surface area contributed by atoms with Crippen molar-refractivity contribution in [3.05, 3.63) is 53.5 Å². The number of urea groups is 1. The number of carbonyl (C=O) groups is 1. The Kier molecular flexibility index (Phi) is 4.33. The Morgan fingerprint density at radius 2 is 1.95 bits per heavy atom. The van der Waals surface area contributed by atoms with Crippen LogP contribution in [0.3, 0.4) is 0 Å². The van der Waals surface area contributed by atoms with Gasteiger partial charge in [-0.1, -0.05) is 6.07 Å². The molecule has 5 heteroatoms. The number of anilines is 1. The number of rotatable bonds is 4. The largest absolute Gasteiger partial charge is 0.466 e. The number of amides is 2. The summed E-state index contributed by atoms with van der Waals surface area (Å²) in [7, 11) is 0. The van der Waals surface area contributed by atoms with Crippen molar-refractivity contribution in [2.75, 3.05) is 11.9 Å². The first-order valence-electron chi connectivity index (χ1n) is 6.76. The zero-order valence-electron chi connectivity index (χ0n) is 12.4. The Morgan fingerprint density at radius 3 is 2.52 bits per heavy atom. The van der Waals surface area contributed by atoms with Gasteiger partial charge in [-0.15, -0.1) is 0 Å². The van der Waals surface area contributed by atoms with E-state index in [1.807, 2.05) is 32.0 Å². The average molecular weight is 288 g/mol. The molecule has 0 spiro atoms. The van der Waals surface area contributed by atoms with Gasteiger partial charge in [-0.25, -0.2) is 4.79 Å². The molecule has 0 aliphatic heterocycles. The molecule has 0 bridgehead atoms. The number of carbonyl (C=O) groups excluding carboxylic acids is 1. The van der Waals surface area contributed by atoms with Crippen LogP contribution >= 0.6 is 0 Å². The van der Waals surface area contributed by atoms with E-state index in [4.69, 9.17) is 4.42 Å². The quantitative estimate of drug-likeness (QED) is 0.809. The number of hydrogen-bond acceptors (Lipinski definition) is 3. The fourth-order valence-corrected chi connectivity index (χ4v) is 2.15. The predicted molar refractivity (Wildman–Crippen MR) is 81.2 cm³/mol. The van der Waals surface area contributed by atoms with Gasteiger partial charge in [0.25, 0.3) is 0 Å². The summed E-state index contributed by atoms with van der Waals surface area (Å²) in [5.41, 5.74) is 1.63. The van der Waals surface area contributed by atoms with E-state index < -0.39 is 5.60 Å². The van der Waals surface area contributed by atoms with Crippen LogP contribution < -0.4 is 10.6 Å². The van der Waals surface area contributed by atoms with Gasteiger partial charge < -0.3 is 20.2 Å². The molecule has 2 rings (SSSR count). The van der Waals surface area contributed by atoms with E-state index in [9.17, 15) is 9.90 Å². The summed E-state index contributed by atoms with van der Waals surface area (Å²) >= 11 is 0. The highest BCUT2D eigenvalue weighted by molar-refractivity contribution is 5.89.